The topological polar surface area (TPSA) is 6.48 Å². The zero-order chi connectivity index (χ0) is 7.59. The smallest absolute Gasteiger partial charge is 0.0154 e. The monoisotopic (exact) mass is 152 g/mol. The van der Waals surface area contributed by atoms with Crippen LogP contribution in [0.15, 0.2) is 0 Å². The van der Waals surface area contributed by atoms with Crippen molar-refractivity contribution in [2.75, 3.05) is 27.2 Å². The van der Waals surface area contributed by atoms with Gasteiger partial charge in [-0.05, 0) is 32.4 Å². The fourth-order valence-corrected chi connectivity index (χ4v) is 3.52. The van der Waals surface area contributed by atoms with Gasteiger partial charge in [0, 0.05) is 25.2 Å². The molecule has 1 aliphatic carbocycles. The first-order valence-corrected chi connectivity index (χ1v) is 4.68. The Morgan fingerprint density at radius 3 is 2.00 bits per heavy atom. The van der Waals surface area contributed by atoms with Gasteiger partial charge >= 0.3 is 0 Å². The van der Waals surface area contributed by atoms with Crippen molar-refractivity contribution in [3.8, 4) is 0 Å². The van der Waals surface area contributed by atoms with Crippen LogP contribution in [0.4, 0.5) is 0 Å². The first-order chi connectivity index (χ1) is 5.27. The molecule has 1 saturated carbocycles. The van der Waals surface area contributed by atoms with E-state index in [1.54, 1.807) is 0 Å². The second kappa shape index (κ2) is 1.80. The second-order valence-corrected chi connectivity index (χ2v) is 4.58. The third-order valence-corrected chi connectivity index (χ3v) is 4.11. The van der Waals surface area contributed by atoms with E-state index in [2.05, 4.69) is 23.9 Å². The molecule has 4 aliphatic rings. The lowest BCUT2D eigenvalue weighted by Gasteiger charge is -2.40. The van der Waals surface area contributed by atoms with Gasteiger partial charge < -0.3 is 4.90 Å². The van der Waals surface area contributed by atoms with Crippen LogP contribution in [-0.2, 0) is 0 Å². The zero-order valence-electron chi connectivity index (χ0n) is 7.33. The number of likely N-dealkylation sites (tertiary alicyclic amines) is 1. The third-order valence-electron chi connectivity index (χ3n) is 4.11. The Balaban J connectivity index is 1.86. The Morgan fingerprint density at radius 2 is 1.55 bits per heavy atom. The summed E-state index contributed by atoms with van der Waals surface area (Å²) in [5.74, 6) is 2.05. The van der Waals surface area contributed by atoms with Crippen molar-refractivity contribution in [2.45, 2.75) is 18.5 Å². The zero-order valence-corrected chi connectivity index (χ0v) is 7.33. The average molecular weight is 152 g/mol. The molecule has 3 saturated heterocycles. The predicted molar refractivity (Wildman–Crippen MR) is 44.4 cm³/mol. The van der Waals surface area contributed by atoms with Crippen LogP contribution in [0.25, 0.3) is 0 Å². The van der Waals surface area contributed by atoms with Crippen molar-refractivity contribution in [1.82, 2.24) is 9.80 Å². The number of hydrogen-bond donors (Lipinski definition) is 0. The highest BCUT2D eigenvalue weighted by molar-refractivity contribution is 5.12. The summed E-state index contributed by atoms with van der Waals surface area (Å²) in [6, 6.07) is 1.91. The van der Waals surface area contributed by atoms with Crippen LogP contribution < -0.4 is 0 Å². The van der Waals surface area contributed by atoms with E-state index in [4.69, 9.17) is 0 Å². The molecule has 3 aliphatic heterocycles. The molecule has 4 unspecified atom stereocenters. The quantitative estimate of drug-likeness (QED) is 0.491. The molecule has 2 nitrogen and oxygen atoms in total. The van der Waals surface area contributed by atoms with Crippen molar-refractivity contribution in [3.63, 3.8) is 0 Å². The SMILES string of the molecule is CN1CC2C(C1)C1CC2N1C. The molecule has 0 aromatic rings. The van der Waals surface area contributed by atoms with Crippen LogP contribution in [0.3, 0.4) is 0 Å². The summed E-state index contributed by atoms with van der Waals surface area (Å²) >= 11 is 0. The fraction of sp³-hybridized carbons (Fsp3) is 1.00. The molecule has 4 atom stereocenters. The highest BCUT2D eigenvalue weighted by Gasteiger charge is 2.58. The maximum absolute atomic E-state index is 2.60. The summed E-state index contributed by atoms with van der Waals surface area (Å²) in [6.45, 7) is 2.71. The van der Waals surface area contributed by atoms with Crippen LogP contribution in [0.5, 0.6) is 0 Å². The van der Waals surface area contributed by atoms with Gasteiger partial charge in [0.2, 0.25) is 0 Å². The van der Waals surface area contributed by atoms with Gasteiger partial charge in [0.25, 0.3) is 0 Å². The van der Waals surface area contributed by atoms with E-state index in [9.17, 15) is 0 Å². The third kappa shape index (κ3) is 0.611. The Morgan fingerprint density at radius 1 is 1.00 bits per heavy atom. The lowest BCUT2D eigenvalue weighted by atomic mass is 10.0. The van der Waals surface area contributed by atoms with E-state index < -0.39 is 0 Å². The lowest BCUT2D eigenvalue weighted by Crippen LogP contribution is -2.49. The van der Waals surface area contributed by atoms with E-state index in [1.807, 2.05) is 0 Å². The highest BCUT2D eigenvalue weighted by atomic mass is 15.3. The van der Waals surface area contributed by atoms with Crippen LogP contribution in [0.2, 0.25) is 0 Å². The van der Waals surface area contributed by atoms with Crippen LogP contribution >= 0.6 is 0 Å². The molecule has 0 aromatic heterocycles. The van der Waals surface area contributed by atoms with Crippen LogP contribution in [0, 0.1) is 11.8 Å². The number of rotatable bonds is 0. The molecule has 0 spiro atoms. The molecule has 2 heteroatoms. The van der Waals surface area contributed by atoms with Crippen molar-refractivity contribution < 1.29 is 0 Å². The summed E-state index contributed by atoms with van der Waals surface area (Å²) < 4.78 is 0. The molecule has 0 N–H and O–H groups in total. The summed E-state index contributed by atoms with van der Waals surface area (Å²) in [6.07, 6.45) is 1.50. The molecule has 3 heterocycles. The molecular formula is C9H16N2. The molecular weight excluding hydrogens is 136 g/mol. The molecule has 0 aromatic carbocycles. The standard InChI is InChI=1S/C9H16N2/c1-10-4-6-7(5-10)9-3-8(6)11(9)2/h6-9H,3-5H2,1-2H3. The van der Waals surface area contributed by atoms with E-state index in [0.29, 0.717) is 0 Å². The first kappa shape index (κ1) is 6.44. The Hall–Kier alpha value is -0.0800. The molecule has 62 valence electrons. The van der Waals surface area contributed by atoms with Crippen molar-refractivity contribution >= 4 is 0 Å². The summed E-state index contributed by atoms with van der Waals surface area (Å²) in [4.78, 5) is 5.10. The Labute approximate surface area is 68.2 Å². The van der Waals surface area contributed by atoms with E-state index in [0.717, 1.165) is 23.9 Å². The second-order valence-electron chi connectivity index (χ2n) is 4.58. The number of hydrogen-bond acceptors (Lipinski definition) is 2. The molecule has 11 heavy (non-hydrogen) atoms. The van der Waals surface area contributed by atoms with Gasteiger partial charge in [0.15, 0.2) is 0 Å². The fourth-order valence-electron chi connectivity index (χ4n) is 3.52. The van der Waals surface area contributed by atoms with Gasteiger partial charge in [-0.3, -0.25) is 4.90 Å². The molecule has 4 rings (SSSR count). The summed E-state index contributed by atoms with van der Waals surface area (Å²) in [7, 11) is 4.56. The predicted octanol–water partition coefficient (Wildman–Crippen LogP) is 0.250. The van der Waals surface area contributed by atoms with Gasteiger partial charge in [-0.1, -0.05) is 0 Å². The lowest BCUT2D eigenvalue weighted by molar-refractivity contribution is 0.0770. The Bertz CT molecular complexity index is 174. The molecule has 2 bridgehead atoms. The largest absolute Gasteiger partial charge is 0.306 e. The van der Waals surface area contributed by atoms with E-state index in [-0.39, 0.29) is 0 Å². The van der Waals surface area contributed by atoms with Crippen LogP contribution in [-0.4, -0.2) is 49.1 Å². The van der Waals surface area contributed by atoms with Gasteiger partial charge in [0.05, 0.1) is 0 Å². The van der Waals surface area contributed by atoms with Gasteiger partial charge in [0.1, 0.15) is 0 Å². The Kier molecular flexibility index (Phi) is 1.06. The van der Waals surface area contributed by atoms with E-state index >= 15 is 0 Å². The normalized spacial score (nSPS) is 56.2. The van der Waals surface area contributed by atoms with Gasteiger partial charge in [-0.15, -0.1) is 0 Å². The van der Waals surface area contributed by atoms with Gasteiger partial charge in [-0.2, -0.15) is 0 Å². The average Bonchev–Trinajstić information content (AvgIpc) is 2.46. The molecule has 0 amide bonds. The maximum atomic E-state index is 2.60. The minimum absolute atomic E-state index is 0.954. The summed E-state index contributed by atoms with van der Waals surface area (Å²) in [5, 5.41) is 0. The highest BCUT2D eigenvalue weighted by Crippen LogP contribution is 2.50. The molecule has 4 fully saturated rings. The number of nitrogens with zero attached hydrogens (tertiary/aromatic N) is 2. The van der Waals surface area contributed by atoms with Crippen molar-refractivity contribution in [2.24, 2.45) is 11.8 Å². The van der Waals surface area contributed by atoms with E-state index in [1.165, 1.54) is 19.5 Å². The van der Waals surface area contributed by atoms with Crippen molar-refractivity contribution in [3.05, 3.63) is 0 Å². The van der Waals surface area contributed by atoms with Crippen LogP contribution in [0.1, 0.15) is 6.42 Å². The van der Waals surface area contributed by atoms with Crippen molar-refractivity contribution in [1.29, 1.82) is 0 Å². The minimum Gasteiger partial charge on any atom is -0.306 e. The first-order valence-electron chi connectivity index (χ1n) is 4.68. The molecule has 0 radical (unpaired) electrons. The maximum Gasteiger partial charge on any atom is 0.0154 e. The van der Waals surface area contributed by atoms with Gasteiger partial charge in [-0.25, -0.2) is 0 Å². The summed E-state index contributed by atoms with van der Waals surface area (Å²) in [5.41, 5.74) is 0. The minimum atomic E-state index is 0.954.